The van der Waals surface area contributed by atoms with Crippen LogP contribution in [-0.2, 0) is 0 Å². The molecule has 1 aromatic carbocycles. The first kappa shape index (κ1) is 18.5. The fourth-order valence-corrected chi connectivity index (χ4v) is 4.72. The van der Waals surface area contributed by atoms with Crippen molar-refractivity contribution in [2.75, 3.05) is 13.1 Å². The van der Waals surface area contributed by atoms with E-state index in [0.717, 1.165) is 43.3 Å². The molecular weight excluding hydrogens is 376 g/mol. The van der Waals surface area contributed by atoms with E-state index < -0.39 is 9.85 Å². The summed E-state index contributed by atoms with van der Waals surface area (Å²) in [7, 11) is 0. The third-order valence-corrected chi connectivity index (χ3v) is 5.86. The molecule has 1 unspecified atom stereocenters. The van der Waals surface area contributed by atoms with Crippen LogP contribution in [0.2, 0.25) is 0 Å². The number of benzene rings is 1. The minimum atomic E-state index is -0.667. The van der Waals surface area contributed by atoms with Gasteiger partial charge in [0, 0.05) is 11.5 Å². The van der Waals surface area contributed by atoms with Crippen LogP contribution >= 0.6 is 23.6 Å². The zero-order chi connectivity index (χ0) is 18.8. The molecule has 2 aromatic rings. The number of non-ortho nitro benzene ring substituents is 2. The van der Waals surface area contributed by atoms with E-state index in [4.69, 9.17) is 12.2 Å². The van der Waals surface area contributed by atoms with Gasteiger partial charge in [0.2, 0.25) is 0 Å². The van der Waals surface area contributed by atoms with Crippen molar-refractivity contribution in [3.8, 4) is 0 Å². The van der Waals surface area contributed by atoms with Gasteiger partial charge in [0.05, 0.1) is 22.0 Å². The van der Waals surface area contributed by atoms with Gasteiger partial charge in [0.15, 0.2) is 0 Å². The molecule has 1 fully saturated rings. The van der Waals surface area contributed by atoms with Gasteiger partial charge in [-0.25, -0.2) is 4.98 Å². The second-order valence-electron chi connectivity index (χ2n) is 5.99. The predicted octanol–water partition coefficient (Wildman–Crippen LogP) is 4.56. The van der Waals surface area contributed by atoms with E-state index in [1.807, 2.05) is 0 Å². The number of nitro benzene ring substituents is 2. The van der Waals surface area contributed by atoms with Crippen molar-refractivity contribution in [1.29, 1.82) is 0 Å². The normalized spacial score (nSPS) is 16.3. The Labute approximate surface area is 158 Å². The van der Waals surface area contributed by atoms with Crippen LogP contribution in [0.4, 0.5) is 11.4 Å². The average Bonchev–Trinajstić information content (AvgIpc) is 2.62. The number of rotatable bonds is 5. The van der Waals surface area contributed by atoms with Gasteiger partial charge < -0.3 is 0 Å². The third kappa shape index (κ3) is 3.48. The number of nitrogens with zero attached hydrogens (tertiary/aromatic N) is 4. The molecule has 2 heterocycles. The van der Waals surface area contributed by atoms with E-state index in [9.17, 15) is 20.2 Å². The molecule has 3 rings (SSSR count). The molecule has 0 bridgehead atoms. The molecule has 1 aliphatic rings. The van der Waals surface area contributed by atoms with E-state index in [1.165, 1.54) is 12.5 Å². The van der Waals surface area contributed by atoms with Gasteiger partial charge >= 0.3 is 0 Å². The van der Waals surface area contributed by atoms with Gasteiger partial charge in [-0.05, 0) is 25.9 Å². The molecule has 10 heteroatoms. The molecule has 0 amide bonds. The van der Waals surface area contributed by atoms with E-state index in [0.29, 0.717) is 9.71 Å². The van der Waals surface area contributed by atoms with E-state index in [1.54, 1.807) is 6.08 Å². The van der Waals surface area contributed by atoms with Crippen LogP contribution in [0, 0.1) is 24.9 Å². The fraction of sp³-hybridized carbons (Fsp3) is 0.375. The molecule has 1 aliphatic heterocycles. The minimum absolute atomic E-state index is 0.129. The molecule has 1 atom stereocenters. The summed E-state index contributed by atoms with van der Waals surface area (Å²) in [5.74, 6) is 0. The maximum Gasteiger partial charge on any atom is 0.294 e. The monoisotopic (exact) mass is 392 g/mol. The van der Waals surface area contributed by atoms with E-state index in [-0.39, 0.29) is 27.4 Å². The van der Waals surface area contributed by atoms with Crippen LogP contribution in [0.1, 0.15) is 30.3 Å². The Morgan fingerprint density at radius 1 is 1.23 bits per heavy atom. The van der Waals surface area contributed by atoms with Crippen LogP contribution in [-0.4, -0.2) is 32.8 Å². The average molecular weight is 392 g/mol. The van der Waals surface area contributed by atoms with Crippen molar-refractivity contribution < 1.29 is 9.85 Å². The SMILES string of the molecule is C=CC(c1nc(=S)c2cc([N+](=O)[O-])cc([N+](=O)[O-])c2s1)N1CCCCC1. The lowest BCUT2D eigenvalue weighted by atomic mass is 10.1. The van der Waals surface area contributed by atoms with Crippen LogP contribution in [0.15, 0.2) is 24.8 Å². The lowest BCUT2D eigenvalue weighted by Crippen LogP contribution is -2.32. The van der Waals surface area contributed by atoms with Crippen LogP contribution in [0.25, 0.3) is 10.1 Å². The highest BCUT2D eigenvalue weighted by atomic mass is 32.1. The summed E-state index contributed by atoms with van der Waals surface area (Å²) in [5, 5.41) is 23.4. The largest absolute Gasteiger partial charge is 0.294 e. The summed E-state index contributed by atoms with van der Waals surface area (Å²) in [5.41, 5.74) is -0.691. The Kier molecular flexibility index (Phi) is 5.35. The molecule has 136 valence electrons. The molecule has 1 saturated heterocycles. The molecule has 0 saturated carbocycles. The quantitative estimate of drug-likeness (QED) is 0.318. The second-order valence-corrected chi connectivity index (χ2v) is 7.41. The van der Waals surface area contributed by atoms with Crippen molar-refractivity contribution in [2.24, 2.45) is 0 Å². The summed E-state index contributed by atoms with van der Waals surface area (Å²) >= 11 is 6.45. The highest BCUT2D eigenvalue weighted by molar-refractivity contribution is 7.71. The molecule has 26 heavy (non-hydrogen) atoms. The minimum Gasteiger partial charge on any atom is -0.291 e. The van der Waals surface area contributed by atoms with Gasteiger partial charge in [-0.15, -0.1) is 17.9 Å². The lowest BCUT2D eigenvalue weighted by molar-refractivity contribution is -0.392. The Balaban J connectivity index is 2.20. The van der Waals surface area contributed by atoms with Crippen LogP contribution in [0.3, 0.4) is 0 Å². The highest BCUT2D eigenvalue weighted by Gasteiger charge is 2.26. The first-order chi connectivity index (χ1) is 12.4. The molecule has 0 spiro atoms. The first-order valence-electron chi connectivity index (χ1n) is 8.06. The fourth-order valence-electron chi connectivity index (χ4n) is 3.12. The Morgan fingerprint density at radius 2 is 1.92 bits per heavy atom. The number of piperidine rings is 1. The van der Waals surface area contributed by atoms with Crippen LogP contribution < -0.4 is 0 Å². The summed E-state index contributed by atoms with van der Waals surface area (Å²) in [6, 6.07) is 2.05. The van der Waals surface area contributed by atoms with Crippen molar-refractivity contribution in [3.63, 3.8) is 0 Å². The molecular formula is C16H16N4O4S2. The molecule has 0 radical (unpaired) electrons. The number of hydrogen-bond acceptors (Lipinski definition) is 8. The van der Waals surface area contributed by atoms with E-state index >= 15 is 0 Å². The van der Waals surface area contributed by atoms with Crippen LogP contribution in [0.5, 0.6) is 0 Å². The van der Waals surface area contributed by atoms with Gasteiger partial charge in [0.1, 0.15) is 14.3 Å². The first-order valence-corrected chi connectivity index (χ1v) is 9.29. The number of likely N-dealkylation sites (tertiary alicyclic amines) is 1. The number of fused-ring (bicyclic) bond motifs is 1. The van der Waals surface area contributed by atoms with Crippen molar-refractivity contribution >= 4 is 45.0 Å². The van der Waals surface area contributed by atoms with Gasteiger partial charge in [-0.3, -0.25) is 25.1 Å². The Morgan fingerprint density at radius 3 is 2.50 bits per heavy atom. The van der Waals surface area contributed by atoms with Crippen molar-refractivity contribution in [3.05, 3.63) is 54.7 Å². The number of aromatic nitrogens is 1. The summed E-state index contributed by atoms with van der Waals surface area (Å²) in [6.45, 7) is 5.69. The Bertz CT molecular complexity index is 953. The number of nitro groups is 2. The molecule has 8 nitrogen and oxygen atoms in total. The second kappa shape index (κ2) is 7.52. The smallest absolute Gasteiger partial charge is 0.291 e. The summed E-state index contributed by atoms with van der Waals surface area (Å²) in [4.78, 5) is 27.9. The standard InChI is InChI=1S/C16H16N4O4S2/c1-2-12(18-6-4-3-5-7-18)16-17-15(25)11-8-10(19(21)22)9-13(20(23)24)14(11)26-16/h2,8-9,12H,1,3-7H2. The molecule has 1 aromatic heterocycles. The van der Waals surface area contributed by atoms with Crippen molar-refractivity contribution in [1.82, 2.24) is 9.88 Å². The maximum atomic E-state index is 11.5. The molecule has 0 aliphatic carbocycles. The van der Waals surface area contributed by atoms with Crippen molar-refractivity contribution in [2.45, 2.75) is 25.3 Å². The highest BCUT2D eigenvalue weighted by Crippen LogP contribution is 2.37. The third-order valence-electron chi connectivity index (χ3n) is 4.37. The zero-order valence-electron chi connectivity index (χ0n) is 13.8. The maximum absolute atomic E-state index is 11.5. The van der Waals surface area contributed by atoms with Gasteiger partial charge in [-0.1, -0.05) is 24.7 Å². The van der Waals surface area contributed by atoms with Gasteiger partial charge in [-0.2, -0.15) is 0 Å². The van der Waals surface area contributed by atoms with Gasteiger partial charge in [0.25, 0.3) is 11.4 Å². The topological polar surface area (TPSA) is 102 Å². The summed E-state index contributed by atoms with van der Waals surface area (Å²) < 4.78 is 0.434. The number of hydrogen-bond donors (Lipinski definition) is 0. The molecule has 0 N–H and O–H groups in total. The predicted molar refractivity (Wildman–Crippen MR) is 102 cm³/mol. The summed E-state index contributed by atoms with van der Waals surface area (Å²) in [6.07, 6.45) is 5.10. The van der Waals surface area contributed by atoms with E-state index in [2.05, 4.69) is 16.5 Å². The Hall–Kier alpha value is -2.30. The zero-order valence-corrected chi connectivity index (χ0v) is 15.4. The lowest BCUT2D eigenvalue weighted by Gasteiger charge is -2.32.